The smallest absolute Gasteiger partial charge is 0.246 e. The Hall–Kier alpha value is -5.89. The van der Waals surface area contributed by atoms with Crippen LogP contribution in [0.5, 0.6) is 0 Å². The van der Waals surface area contributed by atoms with Crippen LogP contribution in [0.1, 0.15) is 189 Å². The van der Waals surface area contributed by atoms with Crippen LogP contribution < -0.4 is 10.6 Å². The molecule has 2 fully saturated rings. The number of hydrogen-bond acceptors (Lipinski definition) is 16. The quantitative estimate of drug-likeness (QED) is 0.0774. The van der Waals surface area contributed by atoms with Crippen LogP contribution in [-0.2, 0) is 62.2 Å². The van der Waals surface area contributed by atoms with E-state index in [4.69, 9.17) is 9.47 Å². The molecule has 2 aliphatic heterocycles. The molecule has 0 saturated carbocycles. The molecular weight excluding hydrogens is 1270 g/mol. The summed E-state index contributed by atoms with van der Waals surface area (Å²) in [5.41, 5.74) is -1.04. The fraction of sp³-hybridized carbons (Fsp3) is 0.824. The first-order chi connectivity index (χ1) is 45.9. The van der Waals surface area contributed by atoms with E-state index >= 15 is 33.6 Å². The standard InChI is InChI=1S/C74H132N10O15/c1-26-55-70(93)77(19)52(15)68(91)82(24)62(53(16)99-36-30-29-33-84-34-37-98-38-35-84)60(86)43-54(47(8)9)69(92)78(20)56(39-44(2)3)59(85)42-50(13)65(88)75-51(14)67(90)79(21)57(40-45(4)5)71(94)80(22)58(41-46(6)7)72(95)81(23)61(48(10)11)73(96)83(25)63(66(89)76-55)64(87)49(12)31-27-28-32-74(17,18)97/h27-28,44-58,61-64,87,97H,26,29-43H2,1-25H3,(H,75,88)(H,76,89)/b28-27+/t49-,50-,51-,52-,53-,54+,55+,56+,57+,58+,61+,62+,63+,64-/m1/s1. The highest BCUT2D eigenvalue weighted by Gasteiger charge is 2.47. The number of unbranched alkanes of at least 4 members (excludes halogenated alkanes) is 1. The molecule has 25 nitrogen and oxygen atoms in total. The van der Waals surface area contributed by atoms with Crippen LogP contribution in [0.3, 0.4) is 0 Å². The Kier molecular flexibility index (Phi) is 37.2. The van der Waals surface area contributed by atoms with E-state index in [-0.39, 0.29) is 75.7 Å². The van der Waals surface area contributed by atoms with Gasteiger partial charge in [-0.25, -0.2) is 0 Å². The largest absolute Gasteiger partial charge is 0.390 e. The van der Waals surface area contributed by atoms with E-state index in [9.17, 15) is 29.4 Å². The fourth-order valence-corrected chi connectivity index (χ4v) is 13.2. The summed E-state index contributed by atoms with van der Waals surface area (Å²) in [5, 5.41) is 28.4. The van der Waals surface area contributed by atoms with Crippen molar-refractivity contribution >= 4 is 64.7 Å². The minimum atomic E-state index is -1.69. The summed E-state index contributed by atoms with van der Waals surface area (Å²) >= 11 is 0. The highest BCUT2D eigenvalue weighted by molar-refractivity contribution is 6.00. The lowest BCUT2D eigenvalue weighted by atomic mass is 9.85. The molecule has 0 radical (unpaired) electrons. The summed E-state index contributed by atoms with van der Waals surface area (Å²) < 4.78 is 11.9. The third-order valence-electron chi connectivity index (χ3n) is 19.8. The predicted molar refractivity (Wildman–Crippen MR) is 383 cm³/mol. The van der Waals surface area contributed by atoms with Gasteiger partial charge in [-0.2, -0.15) is 0 Å². The minimum Gasteiger partial charge on any atom is -0.390 e. The molecule has 568 valence electrons. The normalized spacial score (nSPS) is 27.3. The van der Waals surface area contributed by atoms with E-state index in [1.807, 2.05) is 41.5 Å². The number of aliphatic hydroxyl groups excluding tert-OH is 1. The van der Waals surface area contributed by atoms with E-state index < -0.39 is 167 Å². The maximum Gasteiger partial charge on any atom is 0.246 e. The molecular formula is C74H132N10O15. The zero-order valence-electron chi connectivity index (χ0n) is 65.2. The molecule has 2 rings (SSSR count). The van der Waals surface area contributed by atoms with Crippen molar-refractivity contribution in [3.8, 4) is 0 Å². The number of carbonyl (C=O) groups is 11. The summed E-state index contributed by atoms with van der Waals surface area (Å²) in [7, 11) is 10.0. The molecule has 0 bridgehead atoms. The van der Waals surface area contributed by atoms with Gasteiger partial charge in [0.15, 0.2) is 11.6 Å². The number of morpholine rings is 1. The highest BCUT2D eigenvalue weighted by atomic mass is 16.5. The van der Waals surface area contributed by atoms with Crippen LogP contribution in [0.4, 0.5) is 0 Å². The number of likely N-dealkylation sites (N-methyl/N-ethyl adjacent to an activating group) is 7. The number of allylic oxidation sites excluding steroid dienone is 1. The number of hydrogen-bond donors (Lipinski definition) is 4. The first kappa shape index (κ1) is 89.2. The summed E-state index contributed by atoms with van der Waals surface area (Å²) in [6, 6.07) is -11.5. The molecule has 2 saturated heterocycles. The Labute approximate surface area is 593 Å². The third kappa shape index (κ3) is 26.5. The Morgan fingerprint density at radius 3 is 1.55 bits per heavy atom. The lowest BCUT2D eigenvalue weighted by Gasteiger charge is -2.41. The van der Waals surface area contributed by atoms with Gasteiger partial charge in [-0.05, 0) is 128 Å². The van der Waals surface area contributed by atoms with Crippen molar-refractivity contribution in [2.75, 3.05) is 88.8 Å². The summed E-state index contributed by atoms with van der Waals surface area (Å²) in [6.45, 7) is 35.1. The van der Waals surface area contributed by atoms with E-state index in [0.29, 0.717) is 19.6 Å². The van der Waals surface area contributed by atoms with Gasteiger partial charge in [0.2, 0.25) is 53.2 Å². The first-order valence-corrected chi connectivity index (χ1v) is 36.4. The number of aliphatic hydroxyl groups is 2. The molecule has 0 aromatic rings. The van der Waals surface area contributed by atoms with Crippen molar-refractivity contribution < 1.29 is 72.4 Å². The zero-order valence-corrected chi connectivity index (χ0v) is 65.2. The average Bonchev–Trinajstić information content (AvgIpc) is 0.808. The van der Waals surface area contributed by atoms with Gasteiger partial charge < -0.3 is 64.6 Å². The molecule has 0 spiro atoms. The maximum absolute atomic E-state index is 15.4. The Morgan fingerprint density at radius 2 is 1.04 bits per heavy atom. The summed E-state index contributed by atoms with van der Waals surface area (Å²) in [4.78, 5) is 175. The second kappa shape index (κ2) is 41.3. The van der Waals surface area contributed by atoms with Gasteiger partial charge in [-0.1, -0.05) is 102 Å². The van der Waals surface area contributed by atoms with Crippen molar-refractivity contribution in [2.24, 2.45) is 47.3 Å². The van der Waals surface area contributed by atoms with E-state index in [1.54, 1.807) is 81.4 Å². The number of ether oxygens (including phenoxy) is 2. The van der Waals surface area contributed by atoms with Crippen molar-refractivity contribution in [3.05, 3.63) is 12.2 Å². The van der Waals surface area contributed by atoms with E-state index in [1.165, 1.54) is 87.7 Å². The monoisotopic (exact) mass is 1400 g/mol. The van der Waals surface area contributed by atoms with Crippen LogP contribution in [0.2, 0.25) is 0 Å². The number of ketones is 2. The second-order valence-corrected chi connectivity index (χ2v) is 31.1. The molecule has 14 atom stereocenters. The first-order valence-electron chi connectivity index (χ1n) is 36.4. The number of rotatable bonds is 22. The average molecular weight is 1400 g/mol. The number of carbonyl (C=O) groups excluding carboxylic acids is 11. The van der Waals surface area contributed by atoms with Crippen LogP contribution in [0.25, 0.3) is 0 Å². The number of nitrogens with zero attached hydrogens (tertiary/aromatic N) is 8. The highest BCUT2D eigenvalue weighted by Crippen LogP contribution is 2.29. The minimum absolute atomic E-state index is 0.0219. The predicted octanol–water partition coefficient (Wildman–Crippen LogP) is 5.45. The second-order valence-electron chi connectivity index (χ2n) is 31.1. The Bertz CT molecular complexity index is 2690. The fourth-order valence-electron chi connectivity index (χ4n) is 13.2. The van der Waals surface area contributed by atoms with Crippen LogP contribution in [0, 0.1) is 47.3 Å². The van der Waals surface area contributed by atoms with Gasteiger partial charge >= 0.3 is 0 Å². The van der Waals surface area contributed by atoms with Crippen LogP contribution in [-0.4, -0.2) is 275 Å². The molecule has 9 amide bonds. The summed E-state index contributed by atoms with van der Waals surface area (Å²) in [5.74, 6) is -11.2. The zero-order chi connectivity index (χ0) is 76.0. The molecule has 0 aliphatic carbocycles. The Balaban J connectivity index is 3.04. The van der Waals surface area contributed by atoms with Gasteiger partial charge in [0, 0.05) is 93.7 Å². The lowest BCUT2D eigenvalue weighted by Crippen LogP contribution is -2.64. The van der Waals surface area contributed by atoms with Gasteiger partial charge in [0.25, 0.3) is 0 Å². The molecule has 2 aliphatic rings. The van der Waals surface area contributed by atoms with E-state index in [2.05, 4.69) is 15.5 Å². The van der Waals surface area contributed by atoms with Gasteiger partial charge in [-0.15, -0.1) is 0 Å². The molecule has 0 aromatic heterocycles. The molecule has 0 aromatic carbocycles. The van der Waals surface area contributed by atoms with Crippen molar-refractivity contribution in [3.63, 3.8) is 0 Å². The lowest BCUT2D eigenvalue weighted by molar-refractivity contribution is -0.157. The molecule has 4 N–H and O–H groups in total. The van der Waals surface area contributed by atoms with E-state index in [0.717, 1.165) is 35.9 Å². The molecule has 2 heterocycles. The van der Waals surface area contributed by atoms with Gasteiger partial charge in [-0.3, -0.25) is 57.6 Å². The topological polar surface area (TPSA) is 297 Å². The molecule has 25 heteroatoms. The number of amides is 9. The van der Waals surface area contributed by atoms with Crippen LogP contribution in [0.15, 0.2) is 12.2 Å². The molecule has 0 unspecified atom stereocenters. The van der Waals surface area contributed by atoms with Gasteiger partial charge in [0.1, 0.15) is 48.3 Å². The van der Waals surface area contributed by atoms with Crippen molar-refractivity contribution in [1.29, 1.82) is 0 Å². The van der Waals surface area contributed by atoms with Crippen molar-refractivity contribution in [1.82, 2.24) is 49.8 Å². The SMILES string of the molecule is CC[C@@H]1NC(=O)[C@H]([C@H](O)[C@H](C)C/C=C/CC(C)(C)O)N(C)C(=O)[C@H](C(C)C)N(C)C(=O)[C@H](CC(C)C)N(C)C(=O)[C@H](CC(C)C)N(C)C(=O)[C@@H](C)NC(=O)[C@H](C)CC(=O)[C@H](CC(C)C)N(C)C(=O)[C@H](C(C)C)CC(=O)[C@H]([C@@H](C)OCCCCN2CCOCC2)N(C)C(=O)[C@@H](C)N(C)C1=O. The number of nitrogens with one attached hydrogen (secondary N) is 2. The van der Waals surface area contributed by atoms with Crippen LogP contribution >= 0.6 is 0 Å². The number of Topliss-reactive ketones (excluding diaryl/α,β-unsaturated/α-hetero) is 2. The van der Waals surface area contributed by atoms with Crippen molar-refractivity contribution in [2.45, 2.75) is 261 Å². The Morgan fingerprint density at radius 1 is 0.545 bits per heavy atom. The third-order valence-corrected chi connectivity index (χ3v) is 19.8. The maximum atomic E-state index is 15.4. The van der Waals surface area contributed by atoms with Gasteiger partial charge in [0.05, 0.1) is 37.1 Å². The summed E-state index contributed by atoms with van der Waals surface area (Å²) in [6.07, 6.45) is 2.66. The molecule has 99 heavy (non-hydrogen) atoms.